The summed E-state index contributed by atoms with van der Waals surface area (Å²) in [4.78, 5) is 24.0. The zero-order chi connectivity index (χ0) is 37.5. The topological polar surface area (TPSA) is 77.2 Å². The lowest BCUT2D eigenvalue weighted by atomic mass is 9.96. The van der Waals surface area contributed by atoms with Crippen LogP contribution < -0.4 is 0 Å². The second-order valence-corrected chi connectivity index (χ2v) is 14.4. The number of para-hydroxylation sites is 5. The zero-order valence-electron chi connectivity index (χ0n) is 30.5. The van der Waals surface area contributed by atoms with Gasteiger partial charge in [0.1, 0.15) is 5.65 Å². The number of H-pyrrole nitrogens is 1. The van der Waals surface area contributed by atoms with Crippen molar-refractivity contribution in [3.63, 3.8) is 0 Å². The van der Waals surface area contributed by atoms with Crippen LogP contribution in [0.2, 0.25) is 0 Å². The maximum Gasteiger partial charge on any atom is 0.240 e. The molecule has 0 aliphatic heterocycles. The number of rotatable bonds is 5. The molecule has 0 saturated heterocycles. The van der Waals surface area contributed by atoms with E-state index in [0.717, 1.165) is 93.4 Å². The SMILES string of the molecule is c1cc(-c2cccc(-c3cccc4c3[nH]c3ncccc34)c2)cc(-c2nc(-n3c4ccccc4c4ccccc43)nc(-n3c4ccccc4c4ccccc43)n2)c1. The predicted molar refractivity (Wildman–Crippen MR) is 232 cm³/mol. The highest BCUT2D eigenvalue weighted by Crippen LogP contribution is 2.37. The number of pyridine rings is 1. The molecule has 0 spiro atoms. The van der Waals surface area contributed by atoms with Gasteiger partial charge >= 0.3 is 0 Å². The number of benzene rings is 7. The lowest BCUT2D eigenvalue weighted by Gasteiger charge is -2.13. The molecule has 266 valence electrons. The molecule has 0 unspecified atom stereocenters. The van der Waals surface area contributed by atoms with Gasteiger partial charge in [-0.1, -0.05) is 127 Å². The Morgan fingerprint density at radius 3 is 1.40 bits per heavy atom. The van der Waals surface area contributed by atoms with E-state index in [-0.39, 0.29) is 0 Å². The van der Waals surface area contributed by atoms with Gasteiger partial charge in [0.05, 0.1) is 27.6 Å². The molecule has 0 bridgehead atoms. The van der Waals surface area contributed by atoms with Crippen LogP contribution in [0.1, 0.15) is 0 Å². The van der Waals surface area contributed by atoms with E-state index in [1.54, 1.807) is 0 Å². The van der Waals surface area contributed by atoms with Crippen LogP contribution in [0, 0.1) is 0 Å². The van der Waals surface area contributed by atoms with Gasteiger partial charge in [0, 0.05) is 49.6 Å². The van der Waals surface area contributed by atoms with Crippen molar-refractivity contribution in [2.75, 3.05) is 0 Å². The molecular formula is C50H31N7. The Morgan fingerprint density at radius 2 is 0.825 bits per heavy atom. The van der Waals surface area contributed by atoms with Crippen molar-refractivity contribution in [3.8, 4) is 45.5 Å². The summed E-state index contributed by atoms with van der Waals surface area (Å²) in [6.07, 6.45) is 1.83. The van der Waals surface area contributed by atoms with Gasteiger partial charge in [0.15, 0.2) is 5.82 Å². The maximum absolute atomic E-state index is 5.31. The van der Waals surface area contributed by atoms with Crippen molar-refractivity contribution < 1.29 is 0 Å². The van der Waals surface area contributed by atoms with Crippen LogP contribution in [0.25, 0.3) is 111 Å². The Morgan fingerprint density at radius 1 is 0.368 bits per heavy atom. The van der Waals surface area contributed by atoms with E-state index in [0.29, 0.717) is 17.7 Å². The highest BCUT2D eigenvalue weighted by Gasteiger charge is 2.20. The zero-order valence-corrected chi connectivity index (χ0v) is 30.5. The molecule has 5 heterocycles. The van der Waals surface area contributed by atoms with Crippen LogP contribution in [0.15, 0.2) is 182 Å². The van der Waals surface area contributed by atoms with Gasteiger partial charge < -0.3 is 4.98 Å². The standard InChI is InChI=1S/C50H31N7/c1-5-24-42-36(17-1)37-18-2-6-25-43(37)56(42)49-53-47(54-50(55-49)57-44-26-7-3-19-38(44)39-20-4-8-27-45(39)57)34-16-10-14-32(30-34)31-13-9-15-33(29-31)35-21-11-22-40-41-23-12-28-51-48(41)52-46(35)40/h1-30H,(H,51,52). The Hall–Kier alpha value is -7.90. The van der Waals surface area contributed by atoms with Gasteiger partial charge in [-0.2, -0.15) is 15.0 Å². The van der Waals surface area contributed by atoms with Gasteiger partial charge in [-0.15, -0.1) is 0 Å². The molecule has 0 fully saturated rings. The van der Waals surface area contributed by atoms with E-state index in [1.807, 2.05) is 12.3 Å². The van der Waals surface area contributed by atoms with E-state index in [4.69, 9.17) is 15.0 Å². The molecule has 12 aromatic rings. The second kappa shape index (κ2) is 12.3. The molecule has 57 heavy (non-hydrogen) atoms. The third kappa shape index (κ3) is 4.86. The monoisotopic (exact) mass is 729 g/mol. The van der Waals surface area contributed by atoms with Gasteiger partial charge in [-0.25, -0.2) is 4.98 Å². The predicted octanol–water partition coefficient (Wildman–Crippen LogP) is 12.1. The van der Waals surface area contributed by atoms with Crippen LogP contribution in [-0.4, -0.2) is 34.1 Å². The van der Waals surface area contributed by atoms with Crippen molar-refractivity contribution in [1.29, 1.82) is 0 Å². The molecule has 7 nitrogen and oxygen atoms in total. The molecule has 0 aliphatic rings. The first-order valence-electron chi connectivity index (χ1n) is 19.1. The number of fused-ring (bicyclic) bond motifs is 9. The molecule has 5 aromatic heterocycles. The fourth-order valence-corrected chi connectivity index (χ4v) is 8.66. The van der Waals surface area contributed by atoms with Gasteiger partial charge in [0.2, 0.25) is 11.9 Å². The van der Waals surface area contributed by atoms with Crippen molar-refractivity contribution in [2.24, 2.45) is 0 Å². The van der Waals surface area contributed by atoms with Crippen molar-refractivity contribution in [2.45, 2.75) is 0 Å². The minimum absolute atomic E-state index is 0.558. The third-order valence-electron chi connectivity index (χ3n) is 11.2. The number of nitrogens with one attached hydrogen (secondary N) is 1. The summed E-state index contributed by atoms with van der Waals surface area (Å²) in [6.45, 7) is 0. The second-order valence-electron chi connectivity index (χ2n) is 14.4. The van der Waals surface area contributed by atoms with E-state index < -0.39 is 0 Å². The minimum atomic E-state index is 0.558. The first kappa shape index (κ1) is 31.5. The Labute approximate surface area is 326 Å². The first-order chi connectivity index (χ1) is 28.3. The largest absolute Gasteiger partial charge is 0.339 e. The minimum Gasteiger partial charge on any atom is -0.339 e. The van der Waals surface area contributed by atoms with Gasteiger partial charge in [-0.05, 0) is 65.2 Å². The summed E-state index contributed by atoms with van der Waals surface area (Å²) in [6, 6.07) is 61.6. The third-order valence-corrected chi connectivity index (χ3v) is 11.2. The number of nitrogens with zero attached hydrogens (tertiary/aromatic N) is 6. The summed E-state index contributed by atoms with van der Waals surface area (Å²) in [5.41, 5.74) is 11.4. The van der Waals surface area contributed by atoms with Crippen LogP contribution in [-0.2, 0) is 0 Å². The molecule has 12 rings (SSSR count). The quantitative estimate of drug-likeness (QED) is 0.191. The average molecular weight is 730 g/mol. The summed E-state index contributed by atoms with van der Waals surface area (Å²) >= 11 is 0. The molecule has 7 aromatic carbocycles. The smallest absolute Gasteiger partial charge is 0.240 e. The maximum atomic E-state index is 5.31. The van der Waals surface area contributed by atoms with E-state index in [9.17, 15) is 0 Å². The molecule has 0 atom stereocenters. The van der Waals surface area contributed by atoms with Crippen LogP contribution in [0.3, 0.4) is 0 Å². The summed E-state index contributed by atoms with van der Waals surface area (Å²) in [5, 5.41) is 6.88. The fraction of sp³-hybridized carbons (Fsp3) is 0. The van der Waals surface area contributed by atoms with Crippen molar-refractivity contribution >= 4 is 65.5 Å². The fourth-order valence-electron chi connectivity index (χ4n) is 8.66. The number of hydrogen-bond acceptors (Lipinski definition) is 4. The highest BCUT2D eigenvalue weighted by molar-refractivity contribution is 6.12. The van der Waals surface area contributed by atoms with Crippen LogP contribution in [0.5, 0.6) is 0 Å². The van der Waals surface area contributed by atoms with E-state index in [2.05, 4.69) is 189 Å². The van der Waals surface area contributed by atoms with E-state index in [1.165, 1.54) is 0 Å². The molecule has 0 amide bonds. The molecule has 0 aliphatic carbocycles. The van der Waals surface area contributed by atoms with E-state index >= 15 is 0 Å². The summed E-state index contributed by atoms with van der Waals surface area (Å²) in [5.74, 6) is 1.71. The Kier molecular flexibility index (Phi) is 6.79. The normalized spacial score (nSPS) is 11.9. The van der Waals surface area contributed by atoms with Crippen molar-refractivity contribution in [1.82, 2.24) is 34.1 Å². The molecular weight excluding hydrogens is 699 g/mol. The number of aromatic amines is 1. The molecule has 0 radical (unpaired) electrons. The van der Waals surface area contributed by atoms with Crippen LogP contribution >= 0.6 is 0 Å². The van der Waals surface area contributed by atoms with Crippen LogP contribution in [0.4, 0.5) is 0 Å². The Bertz CT molecular complexity index is 3310. The highest BCUT2D eigenvalue weighted by atomic mass is 15.3. The van der Waals surface area contributed by atoms with Gasteiger partial charge in [-0.3, -0.25) is 9.13 Å². The molecule has 1 N–H and O–H groups in total. The number of hydrogen-bond donors (Lipinski definition) is 1. The Balaban J connectivity index is 1.06. The molecule has 7 heteroatoms. The van der Waals surface area contributed by atoms with Gasteiger partial charge in [0.25, 0.3) is 0 Å². The van der Waals surface area contributed by atoms with Crippen molar-refractivity contribution in [3.05, 3.63) is 182 Å². The number of aromatic nitrogens is 7. The summed E-state index contributed by atoms with van der Waals surface area (Å²) < 4.78 is 4.33. The first-order valence-corrected chi connectivity index (χ1v) is 19.1. The molecule has 0 saturated carbocycles. The average Bonchev–Trinajstić information content (AvgIpc) is 3.94. The lowest BCUT2D eigenvalue weighted by molar-refractivity contribution is 0.893. The summed E-state index contributed by atoms with van der Waals surface area (Å²) in [7, 11) is 0. The lowest BCUT2D eigenvalue weighted by Crippen LogP contribution is -2.10.